The van der Waals surface area contributed by atoms with Crippen LogP contribution in [0.2, 0.25) is 0 Å². The van der Waals surface area contributed by atoms with Crippen molar-refractivity contribution in [3.8, 4) is 56.7 Å². The van der Waals surface area contributed by atoms with Crippen LogP contribution in [0.3, 0.4) is 0 Å². The van der Waals surface area contributed by atoms with Gasteiger partial charge in [-0.3, -0.25) is 4.57 Å². The lowest BCUT2D eigenvalue weighted by molar-refractivity contribution is 0.670. The summed E-state index contributed by atoms with van der Waals surface area (Å²) in [6, 6.07) is 74.5. The summed E-state index contributed by atoms with van der Waals surface area (Å²) in [5.74, 6) is 1.79. The van der Waals surface area contributed by atoms with Crippen molar-refractivity contribution in [2.45, 2.75) is 0 Å². The summed E-state index contributed by atoms with van der Waals surface area (Å²) in [5.41, 5.74) is 13.3. The number of aromatic nitrogens is 5. The number of benzene rings is 9. The van der Waals surface area contributed by atoms with Crippen LogP contribution in [0.15, 0.2) is 217 Å². The molecule has 0 radical (unpaired) electrons. The molecule has 0 spiro atoms. The SMILES string of the molecule is c1ccc(-c2nc(-c3ccccc3)nc(-n3c4ccccc4c4cc5c6ccccc6n(-c6cc(-c7ccccc7-c7ccccc7)c7oc8ccccc8c7c6)c5cc43)n2)cc1. The Kier molecular flexibility index (Phi) is 7.80. The fourth-order valence-electron chi connectivity index (χ4n) is 9.55. The van der Waals surface area contributed by atoms with Crippen molar-refractivity contribution in [2.75, 3.05) is 0 Å². The van der Waals surface area contributed by atoms with Crippen LogP contribution in [0.5, 0.6) is 0 Å². The monoisotopic (exact) mass is 805 g/mol. The number of fused-ring (bicyclic) bond motifs is 9. The summed E-state index contributed by atoms with van der Waals surface area (Å²) >= 11 is 0. The zero-order valence-corrected chi connectivity index (χ0v) is 33.9. The van der Waals surface area contributed by atoms with Gasteiger partial charge in [0.05, 0.1) is 22.1 Å². The molecule has 294 valence electrons. The van der Waals surface area contributed by atoms with Crippen LogP contribution in [-0.4, -0.2) is 24.1 Å². The molecule has 63 heavy (non-hydrogen) atoms. The van der Waals surface area contributed by atoms with E-state index < -0.39 is 0 Å². The van der Waals surface area contributed by atoms with Crippen molar-refractivity contribution in [2.24, 2.45) is 0 Å². The third-order valence-electron chi connectivity index (χ3n) is 12.4. The molecule has 0 saturated heterocycles. The standard InChI is InChI=1S/C57H35N5O/c1-4-18-36(19-5-1)40-24-10-11-25-41(40)47-32-39(33-48-44-28-14-17-31-53(44)63-54(47)48)61-49-29-15-12-26-42(49)45-34-46-43-27-13-16-30-50(43)62(52(46)35-51(45)61)57-59-55(37-20-6-2-7-21-37)58-56(60-57)38-22-8-3-9-23-38/h1-35H. The largest absolute Gasteiger partial charge is 0.455 e. The average molecular weight is 806 g/mol. The zero-order chi connectivity index (χ0) is 41.4. The molecular formula is C57H35N5O. The van der Waals surface area contributed by atoms with E-state index in [4.69, 9.17) is 19.4 Å². The van der Waals surface area contributed by atoms with Gasteiger partial charge in [-0.2, -0.15) is 9.97 Å². The van der Waals surface area contributed by atoms with Gasteiger partial charge in [0.15, 0.2) is 11.6 Å². The van der Waals surface area contributed by atoms with E-state index in [1.54, 1.807) is 0 Å². The van der Waals surface area contributed by atoms with E-state index in [2.05, 4.69) is 155 Å². The molecule has 0 aliphatic rings. The average Bonchev–Trinajstić information content (AvgIpc) is 4.01. The molecule has 6 heteroatoms. The molecule has 4 aromatic heterocycles. The molecule has 13 aromatic rings. The van der Waals surface area contributed by atoms with Crippen LogP contribution in [0.1, 0.15) is 0 Å². The Morgan fingerprint density at radius 2 is 0.825 bits per heavy atom. The lowest BCUT2D eigenvalue weighted by Gasteiger charge is -2.15. The highest BCUT2D eigenvalue weighted by atomic mass is 16.3. The second-order valence-corrected chi connectivity index (χ2v) is 16.0. The van der Waals surface area contributed by atoms with Gasteiger partial charge in [-0.25, -0.2) is 4.98 Å². The Morgan fingerprint density at radius 3 is 1.48 bits per heavy atom. The van der Waals surface area contributed by atoms with E-state index in [1.165, 1.54) is 5.39 Å². The number of hydrogen-bond acceptors (Lipinski definition) is 4. The van der Waals surface area contributed by atoms with Gasteiger partial charge >= 0.3 is 0 Å². The van der Waals surface area contributed by atoms with Crippen molar-refractivity contribution < 1.29 is 4.42 Å². The van der Waals surface area contributed by atoms with Crippen molar-refractivity contribution in [1.82, 2.24) is 24.1 Å². The molecule has 9 aromatic carbocycles. The predicted octanol–water partition coefficient (Wildman–Crippen LogP) is 14.6. The van der Waals surface area contributed by atoms with Gasteiger partial charge in [0.1, 0.15) is 11.2 Å². The molecule has 13 rings (SSSR count). The summed E-state index contributed by atoms with van der Waals surface area (Å²) in [6.45, 7) is 0. The molecule has 0 bridgehead atoms. The number of hydrogen-bond donors (Lipinski definition) is 0. The minimum absolute atomic E-state index is 0.557. The third-order valence-corrected chi connectivity index (χ3v) is 12.4. The Balaban J connectivity index is 1.13. The van der Waals surface area contributed by atoms with Crippen molar-refractivity contribution in [3.05, 3.63) is 212 Å². The van der Waals surface area contributed by atoms with Crippen molar-refractivity contribution in [1.29, 1.82) is 0 Å². The van der Waals surface area contributed by atoms with Gasteiger partial charge in [-0.1, -0.05) is 170 Å². The molecule has 0 saturated carbocycles. The molecule has 0 fully saturated rings. The van der Waals surface area contributed by atoms with E-state index in [0.29, 0.717) is 17.6 Å². The van der Waals surface area contributed by atoms with Crippen molar-refractivity contribution in [3.63, 3.8) is 0 Å². The van der Waals surface area contributed by atoms with Crippen LogP contribution >= 0.6 is 0 Å². The number of nitrogens with zero attached hydrogens (tertiary/aromatic N) is 5. The highest BCUT2D eigenvalue weighted by Crippen LogP contribution is 2.44. The summed E-state index contributed by atoms with van der Waals surface area (Å²) < 4.78 is 11.4. The zero-order valence-electron chi connectivity index (χ0n) is 33.9. The summed E-state index contributed by atoms with van der Waals surface area (Å²) in [4.78, 5) is 15.5. The van der Waals surface area contributed by atoms with E-state index in [0.717, 1.165) is 99.2 Å². The van der Waals surface area contributed by atoms with E-state index in [9.17, 15) is 0 Å². The lowest BCUT2D eigenvalue weighted by Crippen LogP contribution is -2.06. The fraction of sp³-hybridized carbons (Fsp3) is 0. The number of rotatable bonds is 6. The van der Waals surface area contributed by atoms with E-state index in [1.807, 2.05) is 66.7 Å². The quantitative estimate of drug-likeness (QED) is 0.168. The molecule has 0 N–H and O–H groups in total. The first-order valence-electron chi connectivity index (χ1n) is 21.2. The maximum absolute atomic E-state index is 6.78. The first kappa shape index (κ1) is 35.2. The first-order valence-corrected chi connectivity index (χ1v) is 21.2. The number of furan rings is 1. The summed E-state index contributed by atoms with van der Waals surface area (Å²) in [6.07, 6.45) is 0. The smallest absolute Gasteiger partial charge is 0.238 e. The maximum Gasteiger partial charge on any atom is 0.238 e. The minimum atomic E-state index is 0.557. The van der Waals surface area contributed by atoms with Crippen LogP contribution in [0, 0.1) is 0 Å². The molecule has 0 unspecified atom stereocenters. The highest BCUT2D eigenvalue weighted by molar-refractivity contribution is 6.20. The summed E-state index contributed by atoms with van der Waals surface area (Å²) in [5, 5.41) is 6.73. The molecule has 6 nitrogen and oxygen atoms in total. The van der Waals surface area contributed by atoms with Gasteiger partial charge in [0.2, 0.25) is 5.95 Å². The second-order valence-electron chi connectivity index (χ2n) is 16.0. The van der Waals surface area contributed by atoms with Gasteiger partial charge in [-0.05, 0) is 59.2 Å². The third kappa shape index (κ3) is 5.55. The van der Waals surface area contributed by atoms with Crippen LogP contribution < -0.4 is 0 Å². The fourth-order valence-corrected chi connectivity index (χ4v) is 9.55. The molecule has 0 aliphatic carbocycles. The van der Waals surface area contributed by atoms with Crippen LogP contribution in [-0.2, 0) is 0 Å². The molecular weight excluding hydrogens is 771 g/mol. The Hall–Kier alpha value is -8.61. The molecule has 0 amide bonds. The van der Waals surface area contributed by atoms with E-state index >= 15 is 0 Å². The Labute approximate surface area is 361 Å². The van der Waals surface area contributed by atoms with Gasteiger partial charge in [0, 0.05) is 54.7 Å². The Morgan fingerprint density at radius 1 is 0.317 bits per heavy atom. The topological polar surface area (TPSA) is 61.7 Å². The minimum Gasteiger partial charge on any atom is -0.455 e. The molecule has 0 atom stereocenters. The Bertz CT molecular complexity index is 3850. The lowest BCUT2D eigenvalue weighted by atomic mass is 9.93. The maximum atomic E-state index is 6.78. The van der Waals surface area contributed by atoms with Crippen molar-refractivity contribution >= 4 is 65.6 Å². The first-order chi connectivity index (χ1) is 31.2. The predicted molar refractivity (Wildman–Crippen MR) is 258 cm³/mol. The summed E-state index contributed by atoms with van der Waals surface area (Å²) in [7, 11) is 0. The van der Waals surface area contributed by atoms with Gasteiger partial charge in [-0.15, -0.1) is 0 Å². The number of para-hydroxylation sites is 3. The second kappa shape index (κ2) is 14.0. The van der Waals surface area contributed by atoms with Crippen LogP contribution in [0.4, 0.5) is 0 Å². The highest BCUT2D eigenvalue weighted by Gasteiger charge is 2.23. The van der Waals surface area contributed by atoms with Crippen LogP contribution in [0.25, 0.3) is 122 Å². The normalized spacial score (nSPS) is 11.8. The molecule has 4 heterocycles. The van der Waals surface area contributed by atoms with E-state index in [-0.39, 0.29) is 0 Å². The van der Waals surface area contributed by atoms with Gasteiger partial charge < -0.3 is 8.98 Å². The van der Waals surface area contributed by atoms with Gasteiger partial charge in [0.25, 0.3) is 0 Å². The molecule has 0 aliphatic heterocycles.